The largest absolute Gasteiger partial charge is 0.457 e. The molecular weight excluding hydrogens is 1490 g/mol. The van der Waals surface area contributed by atoms with Crippen molar-refractivity contribution in [1.29, 1.82) is 0 Å². The molecule has 0 atom stereocenters. The van der Waals surface area contributed by atoms with Gasteiger partial charge < -0.3 is 24.3 Å². The summed E-state index contributed by atoms with van der Waals surface area (Å²) >= 11 is 0. The van der Waals surface area contributed by atoms with Crippen molar-refractivity contribution < 1.29 is 4.74 Å². The lowest BCUT2D eigenvalue weighted by Gasteiger charge is -2.47. The second-order valence-corrected chi connectivity index (χ2v) is 37.5. The van der Waals surface area contributed by atoms with Gasteiger partial charge in [-0.15, -0.1) is 0 Å². The van der Waals surface area contributed by atoms with Gasteiger partial charge >= 0.3 is 0 Å². The fourth-order valence-electron chi connectivity index (χ4n) is 21.8. The molecule has 5 aliphatic heterocycles. The van der Waals surface area contributed by atoms with Gasteiger partial charge in [0.25, 0.3) is 6.71 Å². The predicted octanol–water partition coefficient (Wildman–Crippen LogP) is 29.4. The summed E-state index contributed by atoms with van der Waals surface area (Å²) in [7, 11) is 0. The highest BCUT2D eigenvalue weighted by Gasteiger charge is 2.53. The summed E-state index contributed by atoms with van der Waals surface area (Å²) in [6.45, 7) is 23.4. The lowest BCUT2D eigenvalue weighted by Crippen LogP contribution is -2.61. The van der Waals surface area contributed by atoms with Gasteiger partial charge in [-0.25, -0.2) is 0 Å². The maximum Gasteiger partial charge on any atom is 0.252 e. The summed E-state index contributed by atoms with van der Waals surface area (Å²) in [6, 6.07) is 146. The molecule has 1 aliphatic carbocycles. The van der Waals surface area contributed by atoms with Crippen molar-refractivity contribution in [1.82, 2.24) is 0 Å². The average molecular weight is 1580 g/mol. The van der Waals surface area contributed by atoms with Gasteiger partial charge in [-0.2, -0.15) is 0 Å². The van der Waals surface area contributed by atoms with Crippen LogP contribution in [0.4, 0.5) is 68.2 Å². The first-order chi connectivity index (χ1) is 59.8. The van der Waals surface area contributed by atoms with E-state index in [4.69, 9.17) is 4.74 Å². The molecule has 23 rings (SSSR count). The van der Waals surface area contributed by atoms with Crippen molar-refractivity contribution in [2.45, 2.75) is 96.3 Å². The maximum atomic E-state index is 7.37. The molecule has 590 valence electrons. The summed E-state index contributed by atoms with van der Waals surface area (Å²) in [5, 5.41) is 0. The molecule has 0 radical (unpaired) electrons. The Labute approximate surface area is 723 Å². The van der Waals surface area contributed by atoms with Crippen LogP contribution in [0.3, 0.4) is 0 Å². The van der Waals surface area contributed by atoms with Crippen molar-refractivity contribution in [3.8, 4) is 78.3 Å². The number of ether oxygens (including phenoxy) is 1. The van der Waals surface area contributed by atoms with Crippen LogP contribution in [-0.4, -0.2) is 6.71 Å². The third-order valence-electron chi connectivity index (χ3n) is 27.7. The zero-order chi connectivity index (χ0) is 83.2. The number of fused-ring (bicyclic) bond motifs is 17. The van der Waals surface area contributed by atoms with E-state index in [2.05, 4.69) is 471 Å². The van der Waals surface area contributed by atoms with Crippen LogP contribution in [0.5, 0.6) is 11.5 Å². The standard InChI is InChI=1S/C117H93BN4O/c1-113(2,3)80-68-86(74-37-15-11-16-38-74)111(87(69-80)75-39-17-12-18-40-75)121-104-72-82(119-100-54-32-27-49-92(100)115(7,8)93-50-28-33-55-101(93)119)60-62-98(104)118-99-63-61-83(120-102-56-34-29-51-94(102)116(9,10)95-52-30-35-57-103(95)120)73-105(99)122(112-88(76-41-19-13-20-42-76)70-81(114(4,5)6)71-89(112)77-43-21-14-22-44-77)107-67-79(66-106(121)110(107)118)78-59-64-109-97(65-78)117(96-53-31-36-58-108(96)123-109)90-47-25-23-45-84(90)85-46-24-26-48-91(85)117/h11-73H,1-10H3. The summed E-state index contributed by atoms with van der Waals surface area (Å²) in [5.41, 5.74) is 41.0. The van der Waals surface area contributed by atoms with Gasteiger partial charge in [-0.05, 0) is 219 Å². The molecule has 0 N–H and O–H groups in total. The normalized spacial score (nSPS) is 14.8. The van der Waals surface area contributed by atoms with E-state index in [1.165, 1.54) is 94.8 Å². The molecule has 0 aromatic heterocycles. The Morgan fingerprint density at radius 2 is 0.561 bits per heavy atom. The molecule has 0 saturated carbocycles. The van der Waals surface area contributed by atoms with Crippen LogP contribution in [0.2, 0.25) is 0 Å². The molecule has 0 unspecified atom stereocenters. The molecule has 123 heavy (non-hydrogen) atoms. The zero-order valence-corrected chi connectivity index (χ0v) is 71.1. The summed E-state index contributed by atoms with van der Waals surface area (Å²) < 4.78 is 7.37. The van der Waals surface area contributed by atoms with Gasteiger partial charge in [0.1, 0.15) is 11.5 Å². The highest BCUT2D eigenvalue weighted by atomic mass is 16.5. The molecule has 0 bridgehead atoms. The van der Waals surface area contributed by atoms with Crippen LogP contribution in [0.1, 0.15) is 125 Å². The number of nitrogens with zero attached hydrogens (tertiary/aromatic N) is 4. The predicted molar refractivity (Wildman–Crippen MR) is 516 cm³/mol. The fourth-order valence-corrected chi connectivity index (χ4v) is 21.8. The lowest BCUT2D eigenvalue weighted by molar-refractivity contribution is 0.436. The van der Waals surface area contributed by atoms with Crippen molar-refractivity contribution in [3.05, 3.63) is 438 Å². The Hall–Kier alpha value is -14.2. The van der Waals surface area contributed by atoms with E-state index < -0.39 is 5.41 Å². The minimum Gasteiger partial charge on any atom is -0.457 e. The van der Waals surface area contributed by atoms with Crippen LogP contribution in [-0.2, 0) is 27.1 Å². The topological polar surface area (TPSA) is 22.2 Å². The molecular formula is C117H93BN4O. The number of para-hydroxylation sites is 5. The van der Waals surface area contributed by atoms with Gasteiger partial charge in [0, 0.05) is 78.3 Å². The molecule has 17 aromatic carbocycles. The SMILES string of the molecule is CC(C)(C)c1cc(-c2ccccc2)c(N2c3cc(N4c5ccccc5C(C)(C)c5ccccc54)ccc3B3c4ccc(N5c6ccccc6C(C)(C)c6ccccc65)cc4N(c4c(-c5ccccc5)cc(C(C)(C)C)cc4-c4ccccc4)c4cc(-c5ccc6c(c5)C5(c7ccccc7O6)c6ccccc6-c6ccccc65)cc2c43)c(-c2ccccc2)c1. The maximum absolute atomic E-state index is 7.37. The second-order valence-electron chi connectivity index (χ2n) is 37.5. The minimum absolute atomic E-state index is 0.257. The number of hydrogen-bond donors (Lipinski definition) is 0. The molecule has 0 fully saturated rings. The van der Waals surface area contributed by atoms with E-state index in [0.717, 1.165) is 124 Å². The third-order valence-corrected chi connectivity index (χ3v) is 27.7. The lowest BCUT2D eigenvalue weighted by atomic mass is 9.33. The van der Waals surface area contributed by atoms with Gasteiger partial charge in [0.2, 0.25) is 0 Å². The van der Waals surface area contributed by atoms with E-state index in [-0.39, 0.29) is 28.4 Å². The van der Waals surface area contributed by atoms with Gasteiger partial charge in [-0.3, -0.25) is 0 Å². The molecule has 5 nitrogen and oxygen atoms in total. The molecule has 6 aliphatic rings. The molecule has 6 heteroatoms. The minimum atomic E-state index is -0.751. The number of hydrogen-bond acceptors (Lipinski definition) is 5. The van der Waals surface area contributed by atoms with Crippen LogP contribution < -0.4 is 40.7 Å². The van der Waals surface area contributed by atoms with Crippen LogP contribution >= 0.6 is 0 Å². The van der Waals surface area contributed by atoms with Crippen molar-refractivity contribution in [3.63, 3.8) is 0 Å². The first kappa shape index (κ1) is 73.9. The molecule has 17 aromatic rings. The average Bonchev–Trinajstić information content (AvgIpc) is 1.64. The van der Waals surface area contributed by atoms with Crippen LogP contribution in [0.25, 0.3) is 66.8 Å². The number of anilines is 12. The smallest absolute Gasteiger partial charge is 0.252 e. The van der Waals surface area contributed by atoms with Gasteiger partial charge in [-0.1, -0.05) is 348 Å². The Morgan fingerprint density at radius 3 is 0.935 bits per heavy atom. The number of benzene rings is 17. The van der Waals surface area contributed by atoms with Crippen molar-refractivity contribution in [2.75, 3.05) is 19.6 Å². The van der Waals surface area contributed by atoms with E-state index in [9.17, 15) is 0 Å². The quantitative estimate of drug-likeness (QED) is 0.134. The van der Waals surface area contributed by atoms with Gasteiger partial charge in [0.05, 0.1) is 39.5 Å². The van der Waals surface area contributed by atoms with E-state index >= 15 is 0 Å². The first-order valence-electron chi connectivity index (χ1n) is 43.6. The van der Waals surface area contributed by atoms with Crippen LogP contribution in [0.15, 0.2) is 382 Å². The van der Waals surface area contributed by atoms with Gasteiger partial charge in [0.15, 0.2) is 0 Å². The molecule has 0 amide bonds. The van der Waals surface area contributed by atoms with E-state index in [1.54, 1.807) is 0 Å². The highest BCUT2D eigenvalue weighted by Crippen LogP contribution is 2.65. The Bertz CT molecular complexity index is 6620. The van der Waals surface area contributed by atoms with Crippen molar-refractivity contribution in [2.24, 2.45) is 0 Å². The van der Waals surface area contributed by atoms with Crippen molar-refractivity contribution >= 4 is 91.3 Å². The van der Waals surface area contributed by atoms with E-state index in [0.29, 0.717) is 0 Å². The zero-order valence-electron chi connectivity index (χ0n) is 71.1. The summed E-state index contributed by atoms with van der Waals surface area (Å²) in [5.74, 6) is 1.69. The summed E-state index contributed by atoms with van der Waals surface area (Å²) in [4.78, 5) is 10.6. The Balaban J connectivity index is 0.912. The third kappa shape index (κ3) is 11.1. The van der Waals surface area contributed by atoms with Crippen LogP contribution in [0, 0.1) is 0 Å². The molecule has 1 spiro atoms. The summed E-state index contributed by atoms with van der Waals surface area (Å²) in [6.07, 6.45) is 0. The Kier molecular flexibility index (Phi) is 16.5. The molecule has 0 saturated heterocycles. The molecule has 5 heterocycles. The monoisotopic (exact) mass is 1580 g/mol. The fraction of sp³-hybridized carbons (Fsp3) is 0.128. The number of rotatable bonds is 9. The highest BCUT2D eigenvalue weighted by molar-refractivity contribution is 7.00. The first-order valence-corrected chi connectivity index (χ1v) is 43.6. The van der Waals surface area contributed by atoms with E-state index in [1.807, 2.05) is 0 Å². The second kappa shape index (κ2) is 27.4. The Morgan fingerprint density at radius 1 is 0.236 bits per heavy atom.